The third kappa shape index (κ3) is 2.79. The number of aromatic nitrogens is 2. The first-order chi connectivity index (χ1) is 10.1. The molecule has 1 amide bonds. The Kier molecular flexibility index (Phi) is 3.44. The number of nitrogens with one attached hydrogen (secondary N) is 2. The zero-order valence-corrected chi connectivity index (χ0v) is 12.1. The van der Waals surface area contributed by atoms with E-state index in [1.165, 1.54) is 0 Å². The molecule has 4 nitrogen and oxygen atoms in total. The summed E-state index contributed by atoms with van der Waals surface area (Å²) in [5.41, 5.74) is 2.14. The number of amides is 1. The molecule has 0 aliphatic carbocycles. The molecule has 0 unspecified atom stereocenters. The second kappa shape index (κ2) is 5.40. The molecule has 0 saturated heterocycles. The van der Waals surface area contributed by atoms with Crippen LogP contribution in [0.3, 0.4) is 0 Å². The summed E-state index contributed by atoms with van der Waals surface area (Å²) in [6.07, 6.45) is 0. The second-order valence-electron chi connectivity index (χ2n) is 5.38. The Hall–Kier alpha value is -2.62. The van der Waals surface area contributed by atoms with Gasteiger partial charge in [0, 0.05) is 11.4 Å². The van der Waals surface area contributed by atoms with Crippen molar-refractivity contribution in [1.82, 2.24) is 10.2 Å². The van der Waals surface area contributed by atoms with Gasteiger partial charge in [0.1, 0.15) is 0 Å². The number of carbonyl (C=O) groups is 1. The molecular weight excluding hydrogens is 262 g/mol. The first-order valence-electron chi connectivity index (χ1n) is 6.99. The number of aromatic amines is 1. The lowest BCUT2D eigenvalue weighted by Gasteiger charge is -2.05. The van der Waals surface area contributed by atoms with Crippen molar-refractivity contribution in [3.8, 4) is 0 Å². The van der Waals surface area contributed by atoms with E-state index in [2.05, 4.69) is 29.4 Å². The van der Waals surface area contributed by atoms with Gasteiger partial charge in [-0.1, -0.05) is 44.2 Å². The fourth-order valence-corrected chi connectivity index (χ4v) is 2.21. The van der Waals surface area contributed by atoms with Crippen LogP contribution in [0.4, 0.5) is 5.69 Å². The SMILES string of the molecule is CC(C)c1cc(C(=O)Nc2ccc3ccccc3c2)n[nH]1. The van der Waals surface area contributed by atoms with Crippen LogP contribution in [-0.4, -0.2) is 16.1 Å². The minimum Gasteiger partial charge on any atom is -0.321 e. The predicted octanol–water partition coefficient (Wildman–Crippen LogP) is 3.94. The zero-order valence-electron chi connectivity index (χ0n) is 12.1. The lowest BCUT2D eigenvalue weighted by Crippen LogP contribution is -2.12. The van der Waals surface area contributed by atoms with Crippen molar-refractivity contribution >= 4 is 22.4 Å². The van der Waals surface area contributed by atoms with Gasteiger partial charge in [-0.05, 0) is 34.9 Å². The maximum Gasteiger partial charge on any atom is 0.276 e. The van der Waals surface area contributed by atoms with Gasteiger partial charge in [0.15, 0.2) is 5.69 Å². The van der Waals surface area contributed by atoms with E-state index in [-0.39, 0.29) is 5.91 Å². The van der Waals surface area contributed by atoms with Crippen molar-refractivity contribution < 1.29 is 4.79 Å². The second-order valence-corrected chi connectivity index (χ2v) is 5.38. The number of carbonyl (C=O) groups excluding carboxylic acids is 1. The molecule has 0 radical (unpaired) electrons. The van der Waals surface area contributed by atoms with E-state index in [1.54, 1.807) is 6.07 Å². The molecule has 0 fully saturated rings. The predicted molar refractivity (Wildman–Crippen MR) is 84.6 cm³/mol. The van der Waals surface area contributed by atoms with Crippen LogP contribution in [0.15, 0.2) is 48.5 Å². The van der Waals surface area contributed by atoms with Gasteiger partial charge in [-0.2, -0.15) is 5.10 Å². The van der Waals surface area contributed by atoms with Gasteiger partial charge in [-0.3, -0.25) is 9.89 Å². The molecule has 0 bridgehead atoms. The van der Waals surface area contributed by atoms with Crippen molar-refractivity contribution in [2.45, 2.75) is 19.8 Å². The number of nitrogens with zero attached hydrogens (tertiary/aromatic N) is 1. The van der Waals surface area contributed by atoms with E-state index in [4.69, 9.17) is 0 Å². The molecule has 21 heavy (non-hydrogen) atoms. The highest BCUT2D eigenvalue weighted by molar-refractivity contribution is 6.04. The van der Waals surface area contributed by atoms with Crippen LogP contribution in [0.25, 0.3) is 10.8 Å². The van der Waals surface area contributed by atoms with Crippen LogP contribution in [0, 0.1) is 0 Å². The quantitative estimate of drug-likeness (QED) is 0.763. The number of fused-ring (bicyclic) bond motifs is 1. The number of hydrogen-bond donors (Lipinski definition) is 2. The number of H-pyrrole nitrogens is 1. The normalized spacial score (nSPS) is 11.0. The van der Waals surface area contributed by atoms with Crippen molar-refractivity contribution in [3.63, 3.8) is 0 Å². The van der Waals surface area contributed by atoms with Gasteiger partial charge in [-0.25, -0.2) is 0 Å². The molecule has 0 aliphatic heterocycles. The molecule has 0 aliphatic rings. The van der Waals surface area contributed by atoms with Gasteiger partial charge in [0.25, 0.3) is 5.91 Å². The number of rotatable bonds is 3. The smallest absolute Gasteiger partial charge is 0.276 e. The summed E-state index contributed by atoms with van der Waals surface area (Å²) in [5.74, 6) is 0.119. The highest BCUT2D eigenvalue weighted by Crippen LogP contribution is 2.19. The van der Waals surface area contributed by atoms with Crippen LogP contribution in [0.5, 0.6) is 0 Å². The minimum atomic E-state index is -0.201. The topological polar surface area (TPSA) is 57.8 Å². The summed E-state index contributed by atoms with van der Waals surface area (Å²) >= 11 is 0. The van der Waals surface area contributed by atoms with Crippen molar-refractivity contribution in [2.24, 2.45) is 0 Å². The Morgan fingerprint density at radius 3 is 2.57 bits per heavy atom. The number of benzene rings is 2. The fraction of sp³-hybridized carbons (Fsp3) is 0.176. The molecule has 3 rings (SSSR count). The summed E-state index contributed by atoms with van der Waals surface area (Å²) in [6, 6.07) is 15.7. The first-order valence-corrected chi connectivity index (χ1v) is 6.99. The molecule has 106 valence electrons. The Labute approximate surface area is 123 Å². The molecule has 4 heteroatoms. The Balaban J connectivity index is 1.81. The van der Waals surface area contributed by atoms with E-state index in [0.29, 0.717) is 11.6 Å². The summed E-state index contributed by atoms with van der Waals surface area (Å²) in [7, 11) is 0. The van der Waals surface area contributed by atoms with E-state index in [1.807, 2.05) is 42.5 Å². The van der Waals surface area contributed by atoms with Crippen LogP contribution >= 0.6 is 0 Å². The number of anilines is 1. The van der Waals surface area contributed by atoms with Crippen LogP contribution in [0.2, 0.25) is 0 Å². The van der Waals surface area contributed by atoms with Crippen LogP contribution < -0.4 is 5.32 Å². The average molecular weight is 279 g/mol. The third-order valence-electron chi connectivity index (χ3n) is 3.46. The molecule has 0 spiro atoms. The summed E-state index contributed by atoms with van der Waals surface area (Å²) < 4.78 is 0. The standard InChI is InChI=1S/C17H17N3O/c1-11(2)15-10-16(20-19-15)17(21)18-14-8-7-12-5-3-4-6-13(12)9-14/h3-11H,1-2H3,(H,18,21)(H,19,20). The average Bonchev–Trinajstić information content (AvgIpc) is 2.97. The summed E-state index contributed by atoms with van der Waals surface area (Å²) in [5, 5.41) is 12.1. The molecule has 0 saturated carbocycles. The fourth-order valence-electron chi connectivity index (χ4n) is 2.21. The molecule has 1 aromatic heterocycles. The largest absolute Gasteiger partial charge is 0.321 e. The van der Waals surface area contributed by atoms with E-state index in [0.717, 1.165) is 22.2 Å². The van der Waals surface area contributed by atoms with Gasteiger partial charge < -0.3 is 5.32 Å². The Bertz CT molecular complexity index is 789. The van der Waals surface area contributed by atoms with Gasteiger partial charge in [0.2, 0.25) is 0 Å². The first kappa shape index (κ1) is 13.4. The molecule has 2 aromatic carbocycles. The monoisotopic (exact) mass is 279 g/mol. The van der Waals surface area contributed by atoms with Crippen molar-refractivity contribution in [2.75, 3.05) is 5.32 Å². The van der Waals surface area contributed by atoms with Gasteiger partial charge in [0.05, 0.1) is 0 Å². The lowest BCUT2D eigenvalue weighted by atomic mass is 10.1. The molecule has 3 aromatic rings. The van der Waals surface area contributed by atoms with E-state index >= 15 is 0 Å². The highest BCUT2D eigenvalue weighted by atomic mass is 16.1. The Morgan fingerprint density at radius 1 is 1.10 bits per heavy atom. The van der Waals surface area contributed by atoms with Crippen LogP contribution in [0.1, 0.15) is 35.9 Å². The maximum absolute atomic E-state index is 12.2. The van der Waals surface area contributed by atoms with Crippen LogP contribution in [-0.2, 0) is 0 Å². The molecular formula is C17H17N3O. The third-order valence-corrected chi connectivity index (χ3v) is 3.46. The maximum atomic E-state index is 12.2. The Morgan fingerprint density at radius 2 is 1.86 bits per heavy atom. The van der Waals surface area contributed by atoms with Gasteiger partial charge >= 0.3 is 0 Å². The lowest BCUT2D eigenvalue weighted by molar-refractivity contribution is 0.102. The zero-order chi connectivity index (χ0) is 14.8. The van der Waals surface area contributed by atoms with Crippen molar-refractivity contribution in [3.05, 3.63) is 59.9 Å². The molecule has 2 N–H and O–H groups in total. The van der Waals surface area contributed by atoms with E-state index < -0.39 is 0 Å². The number of hydrogen-bond acceptors (Lipinski definition) is 2. The van der Waals surface area contributed by atoms with Crippen molar-refractivity contribution in [1.29, 1.82) is 0 Å². The minimum absolute atomic E-state index is 0.201. The molecule has 1 heterocycles. The summed E-state index contributed by atoms with van der Waals surface area (Å²) in [6.45, 7) is 4.11. The van der Waals surface area contributed by atoms with E-state index in [9.17, 15) is 4.79 Å². The highest BCUT2D eigenvalue weighted by Gasteiger charge is 2.12. The van der Waals surface area contributed by atoms with Gasteiger partial charge in [-0.15, -0.1) is 0 Å². The summed E-state index contributed by atoms with van der Waals surface area (Å²) in [4.78, 5) is 12.2. The molecule has 0 atom stereocenters.